The molecule has 1 aliphatic rings. The Labute approximate surface area is 154 Å². The molecule has 0 saturated heterocycles. The van der Waals surface area contributed by atoms with Gasteiger partial charge in [-0.2, -0.15) is 0 Å². The molecule has 5 nitrogen and oxygen atoms in total. The first-order valence-electron chi connectivity index (χ1n) is 8.79. The first kappa shape index (κ1) is 15.9. The summed E-state index contributed by atoms with van der Waals surface area (Å²) in [6, 6.07) is 10.2. The summed E-state index contributed by atoms with van der Waals surface area (Å²) in [5.41, 5.74) is 4.63. The first-order chi connectivity index (χ1) is 13.3. The molecule has 0 N–H and O–H groups in total. The predicted octanol–water partition coefficient (Wildman–Crippen LogP) is 4.98. The second-order valence-corrected chi connectivity index (χ2v) is 6.65. The number of halogens is 1. The number of para-hydroxylation sites is 1. The van der Waals surface area contributed by atoms with Crippen LogP contribution in [0.3, 0.4) is 0 Å². The van der Waals surface area contributed by atoms with Crippen molar-refractivity contribution in [1.82, 2.24) is 15.1 Å². The van der Waals surface area contributed by atoms with Crippen molar-refractivity contribution in [2.45, 2.75) is 18.8 Å². The average Bonchev–Trinajstić information content (AvgIpc) is 3.46. The SMILES string of the molecule is COc1ccc(F)cc1-c1noc2c(-c3cncnc3C3CC3)cccc12. The van der Waals surface area contributed by atoms with Gasteiger partial charge in [-0.3, -0.25) is 0 Å². The van der Waals surface area contributed by atoms with E-state index in [-0.39, 0.29) is 5.82 Å². The molecule has 1 fully saturated rings. The number of aromatic nitrogens is 3. The largest absolute Gasteiger partial charge is 0.496 e. The van der Waals surface area contributed by atoms with E-state index in [2.05, 4.69) is 15.1 Å². The molecule has 4 aromatic rings. The summed E-state index contributed by atoms with van der Waals surface area (Å²) in [6.45, 7) is 0. The van der Waals surface area contributed by atoms with Crippen molar-refractivity contribution in [3.63, 3.8) is 0 Å². The normalized spacial score (nSPS) is 13.9. The highest BCUT2D eigenvalue weighted by molar-refractivity contribution is 6.00. The van der Waals surface area contributed by atoms with E-state index in [9.17, 15) is 4.39 Å². The molecule has 0 bridgehead atoms. The lowest BCUT2D eigenvalue weighted by atomic mass is 9.99. The van der Waals surface area contributed by atoms with Crippen molar-refractivity contribution in [2.75, 3.05) is 7.11 Å². The molecule has 0 unspecified atom stereocenters. The maximum atomic E-state index is 13.8. The van der Waals surface area contributed by atoms with Gasteiger partial charge in [-0.1, -0.05) is 17.3 Å². The van der Waals surface area contributed by atoms with Gasteiger partial charge in [0.05, 0.1) is 18.2 Å². The van der Waals surface area contributed by atoms with Crippen LogP contribution in [0, 0.1) is 5.82 Å². The molecule has 0 amide bonds. The zero-order valence-corrected chi connectivity index (χ0v) is 14.6. The molecular weight excluding hydrogens is 345 g/mol. The Kier molecular flexibility index (Phi) is 3.63. The number of ether oxygens (including phenoxy) is 1. The summed E-state index contributed by atoms with van der Waals surface area (Å²) in [7, 11) is 1.55. The quantitative estimate of drug-likeness (QED) is 0.513. The Hall–Kier alpha value is -3.28. The van der Waals surface area contributed by atoms with Crippen molar-refractivity contribution >= 4 is 11.0 Å². The third-order valence-electron chi connectivity index (χ3n) is 4.91. The molecule has 1 saturated carbocycles. The fraction of sp³-hybridized carbons (Fsp3) is 0.190. The molecule has 2 heterocycles. The van der Waals surface area contributed by atoms with Crippen molar-refractivity contribution in [2.24, 2.45) is 0 Å². The van der Waals surface area contributed by atoms with Crippen LogP contribution < -0.4 is 4.74 Å². The van der Waals surface area contributed by atoms with E-state index in [1.54, 1.807) is 19.5 Å². The molecule has 2 aromatic heterocycles. The molecule has 134 valence electrons. The summed E-state index contributed by atoms with van der Waals surface area (Å²) in [6.07, 6.45) is 5.69. The highest BCUT2D eigenvalue weighted by atomic mass is 19.1. The van der Waals surface area contributed by atoms with E-state index < -0.39 is 0 Å². The minimum absolute atomic E-state index is 0.356. The molecule has 5 rings (SSSR count). The molecule has 6 heteroatoms. The number of benzene rings is 2. The highest BCUT2D eigenvalue weighted by Gasteiger charge is 2.29. The van der Waals surface area contributed by atoms with Crippen LogP contribution in [0.15, 0.2) is 53.4 Å². The number of fused-ring (bicyclic) bond motifs is 1. The Bertz CT molecular complexity index is 1150. The third-order valence-corrected chi connectivity index (χ3v) is 4.91. The van der Waals surface area contributed by atoms with Crippen LogP contribution >= 0.6 is 0 Å². The van der Waals surface area contributed by atoms with Crippen molar-refractivity contribution < 1.29 is 13.7 Å². The van der Waals surface area contributed by atoms with Crippen molar-refractivity contribution in [3.8, 4) is 28.1 Å². The van der Waals surface area contributed by atoms with Crippen LogP contribution in [-0.2, 0) is 0 Å². The smallest absolute Gasteiger partial charge is 0.175 e. The lowest BCUT2D eigenvalue weighted by Crippen LogP contribution is -1.93. The summed E-state index contributed by atoms with van der Waals surface area (Å²) in [5, 5.41) is 5.02. The fourth-order valence-electron chi connectivity index (χ4n) is 3.46. The lowest BCUT2D eigenvalue weighted by molar-refractivity contribution is 0.414. The molecular formula is C21H16FN3O2. The van der Waals surface area contributed by atoms with E-state index in [1.807, 2.05) is 24.4 Å². The van der Waals surface area contributed by atoms with Gasteiger partial charge in [0.1, 0.15) is 23.6 Å². The van der Waals surface area contributed by atoms with Crippen molar-refractivity contribution in [3.05, 3.63) is 60.4 Å². The Morgan fingerprint density at radius 1 is 1.11 bits per heavy atom. The highest BCUT2D eigenvalue weighted by Crippen LogP contribution is 2.45. The van der Waals surface area contributed by atoms with Crippen LogP contribution in [0.5, 0.6) is 5.75 Å². The summed E-state index contributed by atoms with van der Waals surface area (Å²) < 4.78 is 24.9. The molecule has 27 heavy (non-hydrogen) atoms. The van der Waals surface area contributed by atoms with Gasteiger partial charge in [-0.05, 0) is 37.1 Å². The third kappa shape index (κ3) is 2.65. The van der Waals surface area contributed by atoms with E-state index in [4.69, 9.17) is 9.26 Å². The van der Waals surface area contributed by atoms with Gasteiger partial charge in [0.2, 0.25) is 0 Å². The predicted molar refractivity (Wildman–Crippen MR) is 99.0 cm³/mol. The standard InChI is InChI=1S/C21H16FN3O2/c1-26-18-8-7-13(22)9-16(18)20-15-4-2-3-14(21(15)27-25-20)17-10-23-11-24-19(17)12-5-6-12/h2-4,7-12H,5-6H2,1H3. The maximum Gasteiger partial charge on any atom is 0.175 e. The van der Waals surface area contributed by atoms with Crippen LogP contribution in [0.4, 0.5) is 4.39 Å². The zero-order chi connectivity index (χ0) is 18.4. The van der Waals surface area contributed by atoms with E-state index in [0.29, 0.717) is 28.5 Å². The van der Waals surface area contributed by atoms with Gasteiger partial charge >= 0.3 is 0 Å². The molecule has 2 aromatic carbocycles. The number of nitrogens with zero attached hydrogens (tertiary/aromatic N) is 3. The topological polar surface area (TPSA) is 61.0 Å². The minimum Gasteiger partial charge on any atom is -0.496 e. The number of methoxy groups -OCH3 is 1. The molecule has 0 aliphatic heterocycles. The van der Waals surface area contributed by atoms with Gasteiger partial charge in [0.25, 0.3) is 0 Å². The number of hydrogen-bond acceptors (Lipinski definition) is 5. The monoisotopic (exact) mass is 361 g/mol. The van der Waals surface area contributed by atoms with E-state index >= 15 is 0 Å². The zero-order valence-electron chi connectivity index (χ0n) is 14.6. The Morgan fingerprint density at radius 2 is 2.00 bits per heavy atom. The van der Waals surface area contributed by atoms with Crippen LogP contribution in [0.2, 0.25) is 0 Å². The van der Waals surface area contributed by atoms with Gasteiger partial charge in [-0.15, -0.1) is 0 Å². The number of hydrogen-bond donors (Lipinski definition) is 0. The summed E-state index contributed by atoms with van der Waals surface area (Å²) in [5.74, 6) is 0.660. The van der Waals surface area contributed by atoms with Crippen LogP contribution in [0.25, 0.3) is 33.4 Å². The van der Waals surface area contributed by atoms with Crippen LogP contribution in [-0.4, -0.2) is 22.2 Å². The second-order valence-electron chi connectivity index (χ2n) is 6.65. The Morgan fingerprint density at radius 3 is 2.81 bits per heavy atom. The molecule has 1 aliphatic carbocycles. The lowest BCUT2D eigenvalue weighted by Gasteiger charge is -2.08. The Balaban J connectivity index is 1.73. The van der Waals surface area contributed by atoms with Gasteiger partial charge < -0.3 is 9.26 Å². The summed E-state index contributed by atoms with van der Waals surface area (Å²) >= 11 is 0. The average molecular weight is 361 g/mol. The second kappa shape index (κ2) is 6.16. The van der Waals surface area contributed by atoms with Crippen LogP contribution in [0.1, 0.15) is 24.5 Å². The molecule has 0 radical (unpaired) electrons. The maximum absolute atomic E-state index is 13.8. The van der Waals surface area contributed by atoms with E-state index in [0.717, 1.165) is 35.0 Å². The van der Waals surface area contributed by atoms with Crippen molar-refractivity contribution in [1.29, 1.82) is 0 Å². The molecule has 0 atom stereocenters. The molecule has 0 spiro atoms. The first-order valence-corrected chi connectivity index (χ1v) is 8.79. The minimum atomic E-state index is -0.356. The number of rotatable bonds is 4. The van der Waals surface area contributed by atoms with Gasteiger partial charge in [0.15, 0.2) is 5.58 Å². The fourth-order valence-corrected chi connectivity index (χ4v) is 3.46. The van der Waals surface area contributed by atoms with Gasteiger partial charge in [-0.25, -0.2) is 14.4 Å². The van der Waals surface area contributed by atoms with E-state index in [1.165, 1.54) is 12.1 Å². The summed E-state index contributed by atoms with van der Waals surface area (Å²) in [4.78, 5) is 8.68. The van der Waals surface area contributed by atoms with Gasteiger partial charge in [0, 0.05) is 28.8 Å².